The van der Waals surface area contributed by atoms with E-state index in [9.17, 15) is 4.79 Å². The molecule has 1 heterocycles. The molecule has 0 saturated heterocycles. The average Bonchev–Trinajstić information content (AvgIpc) is 2.46. The topological polar surface area (TPSA) is 59.2 Å². The Morgan fingerprint density at radius 1 is 1.43 bits per heavy atom. The first-order chi connectivity index (χ1) is 10.1. The third kappa shape index (κ3) is 4.65. The van der Waals surface area contributed by atoms with E-state index in [0.29, 0.717) is 23.0 Å². The predicted octanol–water partition coefficient (Wildman–Crippen LogP) is 3.07. The number of amides is 1. The Kier molecular flexibility index (Phi) is 5.47. The molecule has 0 spiro atoms. The summed E-state index contributed by atoms with van der Waals surface area (Å²) in [7, 11) is 1.78. The zero-order chi connectivity index (χ0) is 15.2. The van der Waals surface area contributed by atoms with Gasteiger partial charge in [-0.05, 0) is 23.8 Å². The van der Waals surface area contributed by atoms with Crippen molar-refractivity contribution in [2.24, 2.45) is 0 Å². The van der Waals surface area contributed by atoms with E-state index in [-0.39, 0.29) is 5.91 Å². The van der Waals surface area contributed by atoms with Crippen LogP contribution in [0.3, 0.4) is 0 Å². The fourth-order valence-electron chi connectivity index (χ4n) is 1.77. The third-order valence-corrected chi connectivity index (χ3v) is 4.20. The van der Waals surface area contributed by atoms with Crippen LogP contribution in [0.25, 0.3) is 0 Å². The monoisotopic (exact) mass is 321 g/mol. The number of hydrogen-bond donors (Lipinski definition) is 1. The van der Waals surface area contributed by atoms with E-state index in [4.69, 9.17) is 17.3 Å². The number of hydrogen-bond acceptors (Lipinski definition) is 4. The minimum atomic E-state index is 0.0381. The number of nitrogen functional groups attached to an aromatic ring is 1. The van der Waals surface area contributed by atoms with Crippen molar-refractivity contribution >= 4 is 35.0 Å². The van der Waals surface area contributed by atoms with Crippen LogP contribution < -0.4 is 5.73 Å². The molecule has 2 aromatic rings. The number of halogens is 1. The first-order valence-corrected chi connectivity index (χ1v) is 7.73. The lowest BCUT2D eigenvalue weighted by Gasteiger charge is -2.17. The second-order valence-electron chi connectivity index (χ2n) is 4.58. The molecule has 0 bridgehead atoms. The minimum Gasteiger partial charge on any atom is -0.397 e. The number of benzene rings is 1. The first kappa shape index (κ1) is 15.7. The van der Waals surface area contributed by atoms with E-state index in [0.717, 1.165) is 10.5 Å². The van der Waals surface area contributed by atoms with Crippen molar-refractivity contribution in [1.82, 2.24) is 9.88 Å². The Labute approximate surface area is 133 Å². The van der Waals surface area contributed by atoms with E-state index in [1.54, 1.807) is 24.3 Å². The molecular formula is C15H16ClN3OS. The van der Waals surface area contributed by atoms with Crippen LogP contribution in [0.4, 0.5) is 5.69 Å². The highest BCUT2D eigenvalue weighted by molar-refractivity contribution is 8.00. The first-order valence-electron chi connectivity index (χ1n) is 6.37. The lowest BCUT2D eigenvalue weighted by Crippen LogP contribution is -2.27. The predicted molar refractivity (Wildman–Crippen MR) is 87.3 cm³/mol. The smallest absolute Gasteiger partial charge is 0.232 e. The van der Waals surface area contributed by atoms with Crippen LogP contribution >= 0.6 is 23.4 Å². The Hall–Kier alpha value is -1.72. The average molecular weight is 322 g/mol. The van der Waals surface area contributed by atoms with Gasteiger partial charge in [0.25, 0.3) is 0 Å². The number of rotatable bonds is 5. The summed E-state index contributed by atoms with van der Waals surface area (Å²) in [6.45, 7) is 0.534. The van der Waals surface area contributed by atoms with Crippen molar-refractivity contribution in [1.29, 1.82) is 0 Å². The molecule has 1 aromatic carbocycles. The summed E-state index contributed by atoms with van der Waals surface area (Å²) in [6.07, 6.45) is 3.25. The lowest BCUT2D eigenvalue weighted by molar-refractivity contribution is -0.127. The molecule has 21 heavy (non-hydrogen) atoms. The third-order valence-electron chi connectivity index (χ3n) is 2.90. The van der Waals surface area contributed by atoms with Gasteiger partial charge in [-0.25, -0.2) is 0 Å². The van der Waals surface area contributed by atoms with E-state index in [1.807, 2.05) is 30.3 Å². The molecule has 0 aliphatic rings. The zero-order valence-electron chi connectivity index (χ0n) is 11.6. The number of carbonyl (C=O) groups excluding carboxylic acids is 1. The van der Waals surface area contributed by atoms with Crippen LogP contribution in [0.1, 0.15) is 5.56 Å². The lowest BCUT2D eigenvalue weighted by atomic mass is 10.2. The van der Waals surface area contributed by atoms with Gasteiger partial charge in [-0.2, -0.15) is 0 Å². The molecule has 0 aliphatic heterocycles. The van der Waals surface area contributed by atoms with Gasteiger partial charge in [0.1, 0.15) is 0 Å². The highest BCUT2D eigenvalue weighted by Crippen LogP contribution is 2.23. The number of nitrogens with zero attached hydrogens (tertiary/aromatic N) is 2. The van der Waals surface area contributed by atoms with E-state index in [2.05, 4.69) is 4.98 Å². The van der Waals surface area contributed by atoms with Crippen LogP contribution in [-0.2, 0) is 11.3 Å². The largest absolute Gasteiger partial charge is 0.397 e. The van der Waals surface area contributed by atoms with Gasteiger partial charge in [0, 0.05) is 29.7 Å². The number of pyridine rings is 1. The van der Waals surface area contributed by atoms with Gasteiger partial charge in [-0.3, -0.25) is 9.78 Å². The van der Waals surface area contributed by atoms with Gasteiger partial charge >= 0.3 is 0 Å². The molecule has 0 aliphatic carbocycles. The van der Waals surface area contributed by atoms with Crippen LogP contribution in [0, 0.1) is 0 Å². The molecule has 0 radical (unpaired) electrons. The molecular weight excluding hydrogens is 306 g/mol. The normalized spacial score (nSPS) is 10.4. The number of thioether (sulfide) groups is 1. The van der Waals surface area contributed by atoms with Crippen molar-refractivity contribution in [2.75, 3.05) is 18.5 Å². The SMILES string of the molecule is CN(Cc1cccc(Cl)c1)C(=O)CSc1ccncc1N. The van der Waals surface area contributed by atoms with Gasteiger partial charge in [0.15, 0.2) is 0 Å². The van der Waals surface area contributed by atoms with Crippen molar-refractivity contribution in [3.05, 3.63) is 53.3 Å². The maximum atomic E-state index is 12.1. The molecule has 0 atom stereocenters. The Morgan fingerprint density at radius 2 is 2.24 bits per heavy atom. The van der Waals surface area contributed by atoms with Gasteiger partial charge in [0.2, 0.25) is 5.91 Å². The molecule has 110 valence electrons. The number of carbonyl (C=O) groups is 1. The zero-order valence-corrected chi connectivity index (χ0v) is 13.2. The molecule has 0 unspecified atom stereocenters. The summed E-state index contributed by atoms with van der Waals surface area (Å²) in [5.41, 5.74) is 7.40. The molecule has 1 amide bonds. The van der Waals surface area contributed by atoms with Gasteiger partial charge < -0.3 is 10.6 Å². The van der Waals surface area contributed by atoms with Crippen molar-refractivity contribution in [3.8, 4) is 0 Å². The molecule has 6 heteroatoms. The highest BCUT2D eigenvalue weighted by atomic mass is 35.5. The molecule has 2 rings (SSSR count). The summed E-state index contributed by atoms with van der Waals surface area (Å²) in [6, 6.07) is 9.31. The van der Waals surface area contributed by atoms with Gasteiger partial charge in [-0.1, -0.05) is 23.7 Å². The quantitative estimate of drug-likeness (QED) is 0.860. The molecule has 0 saturated carbocycles. The van der Waals surface area contributed by atoms with E-state index in [1.165, 1.54) is 11.8 Å². The number of aromatic nitrogens is 1. The number of anilines is 1. The molecule has 1 aromatic heterocycles. The van der Waals surface area contributed by atoms with Gasteiger partial charge in [-0.15, -0.1) is 11.8 Å². The van der Waals surface area contributed by atoms with Gasteiger partial charge in [0.05, 0.1) is 17.6 Å². The summed E-state index contributed by atoms with van der Waals surface area (Å²) < 4.78 is 0. The van der Waals surface area contributed by atoms with E-state index >= 15 is 0 Å². The Bertz CT molecular complexity index is 636. The minimum absolute atomic E-state index is 0.0381. The molecule has 4 nitrogen and oxygen atoms in total. The summed E-state index contributed by atoms with van der Waals surface area (Å²) in [4.78, 5) is 18.6. The Balaban J connectivity index is 1.90. The Morgan fingerprint density at radius 3 is 2.95 bits per heavy atom. The molecule has 2 N–H and O–H groups in total. The fraction of sp³-hybridized carbons (Fsp3) is 0.200. The maximum Gasteiger partial charge on any atom is 0.232 e. The van der Waals surface area contributed by atoms with Crippen LogP contribution in [-0.4, -0.2) is 28.6 Å². The summed E-state index contributed by atoms with van der Waals surface area (Å²) in [5, 5.41) is 0.673. The van der Waals surface area contributed by atoms with Crippen LogP contribution in [0.2, 0.25) is 5.02 Å². The summed E-state index contributed by atoms with van der Waals surface area (Å²) >= 11 is 7.35. The van der Waals surface area contributed by atoms with Crippen molar-refractivity contribution < 1.29 is 4.79 Å². The van der Waals surface area contributed by atoms with Crippen molar-refractivity contribution in [3.63, 3.8) is 0 Å². The summed E-state index contributed by atoms with van der Waals surface area (Å²) in [5.74, 6) is 0.377. The number of nitrogens with two attached hydrogens (primary N) is 1. The van der Waals surface area contributed by atoms with Crippen LogP contribution in [0.15, 0.2) is 47.6 Å². The van der Waals surface area contributed by atoms with Crippen LogP contribution in [0.5, 0.6) is 0 Å². The second kappa shape index (κ2) is 7.33. The van der Waals surface area contributed by atoms with E-state index < -0.39 is 0 Å². The van der Waals surface area contributed by atoms with Crippen molar-refractivity contribution in [2.45, 2.75) is 11.4 Å². The fourth-order valence-corrected chi connectivity index (χ4v) is 2.86. The maximum absolute atomic E-state index is 12.1. The molecule has 0 fully saturated rings. The second-order valence-corrected chi connectivity index (χ2v) is 6.04. The standard InChI is InChI=1S/C15H16ClN3OS/c1-19(9-11-3-2-4-12(16)7-11)15(20)10-21-14-5-6-18-8-13(14)17/h2-8H,9-10,17H2,1H3. The highest BCUT2D eigenvalue weighted by Gasteiger charge is 2.11.